The van der Waals surface area contributed by atoms with Crippen LogP contribution in [0.5, 0.6) is 0 Å². The lowest BCUT2D eigenvalue weighted by atomic mass is 9.83. The van der Waals surface area contributed by atoms with Gasteiger partial charge in [0.2, 0.25) is 0 Å². The molecule has 0 unspecified atom stereocenters. The molecule has 2 nitrogen and oxygen atoms in total. The Bertz CT molecular complexity index is 208. The summed E-state index contributed by atoms with van der Waals surface area (Å²) in [5.74, 6) is 0.741. The van der Waals surface area contributed by atoms with Crippen molar-refractivity contribution in [3.05, 3.63) is 12.2 Å². The Morgan fingerprint density at radius 3 is 2.64 bits per heavy atom. The van der Waals surface area contributed by atoms with Gasteiger partial charge in [0.15, 0.2) is 0 Å². The van der Waals surface area contributed by atoms with Crippen molar-refractivity contribution in [2.45, 2.75) is 45.1 Å². The number of hydrogen-bond acceptors (Lipinski definition) is 2. The molecular weight excluding hydrogens is 176 g/mol. The lowest BCUT2D eigenvalue weighted by Gasteiger charge is -2.26. The Labute approximate surface area is 86.6 Å². The molecule has 82 valence electrons. The van der Waals surface area contributed by atoms with Crippen LogP contribution in [0.1, 0.15) is 39.5 Å². The third-order valence-electron chi connectivity index (χ3n) is 3.73. The molecule has 0 spiro atoms. The Kier molecular flexibility index (Phi) is 3.73. The first-order valence-corrected chi connectivity index (χ1v) is 5.50. The van der Waals surface area contributed by atoms with Crippen LogP contribution in [-0.4, -0.2) is 22.4 Å². The Morgan fingerprint density at radius 2 is 2.21 bits per heavy atom. The minimum absolute atomic E-state index is 0.233. The van der Waals surface area contributed by atoms with Crippen molar-refractivity contribution < 1.29 is 10.2 Å². The topological polar surface area (TPSA) is 40.5 Å². The van der Waals surface area contributed by atoms with E-state index in [1.807, 2.05) is 6.92 Å². The maximum atomic E-state index is 10.0. The van der Waals surface area contributed by atoms with Crippen LogP contribution >= 0.6 is 0 Å². The first-order chi connectivity index (χ1) is 6.49. The predicted molar refractivity (Wildman–Crippen MR) is 58.0 cm³/mol. The van der Waals surface area contributed by atoms with Crippen LogP contribution in [0.3, 0.4) is 0 Å². The highest BCUT2D eigenvalue weighted by Gasteiger charge is 2.41. The molecule has 2 N–H and O–H groups in total. The molecule has 0 radical (unpaired) electrons. The van der Waals surface area contributed by atoms with E-state index in [2.05, 4.69) is 13.5 Å². The molecule has 0 aromatic rings. The third-order valence-corrected chi connectivity index (χ3v) is 3.73. The maximum Gasteiger partial charge on any atom is 0.0651 e. The van der Waals surface area contributed by atoms with E-state index in [4.69, 9.17) is 5.11 Å². The van der Waals surface area contributed by atoms with Gasteiger partial charge in [-0.2, -0.15) is 0 Å². The van der Waals surface area contributed by atoms with Gasteiger partial charge in [0.25, 0.3) is 0 Å². The molecule has 1 saturated carbocycles. The van der Waals surface area contributed by atoms with Crippen LogP contribution in [0.15, 0.2) is 12.2 Å². The monoisotopic (exact) mass is 198 g/mol. The summed E-state index contributed by atoms with van der Waals surface area (Å²) in [6.07, 6.45) is 3.60. The zero-order valence-electron chi connectivity index (χ0n) is 9.29. The molecule has 1 fully saturated rings. The average Bonchev–Trinajstić information content (AvgIpc) is 2.39. The first-order valence-electron chi connectivity index (χ1n) is 5.50. The van der Waals surface area contributed by atoms with E-state index in [1.165, 1.54) is 5.57 Å². The van der Waals surface area contributed by atoms with Crippen molar-refractivity contribution in [2.75, 3.05) is 6.61 Å². The summed E-state index contributed by atoms with van der Waals surface area (Å²) in [5.41, 5.74) is 0.677. The van der Waals surface area contributed by atoms with E-state index in [0.717, 1.165) is 25.7 Å². The zero-order chi connectivity index (χ0) is 10.8. The van der Waals surface area contributed by atoms with Crippen molar-refractivity contribution in [3.63, 3.8) is 0 Å². The molecule has 0 aliphatic heterocycles. The largest absolute Gasteiger partial charge is 0.396 e. The highest BCUT2D eigenvalue weighted by molar-refractivity contribution is 5.09. The van der Waals surface area contributed by atoms with E-state index in [1.54, 1.807) is 0 Å². The molecule has 2 heteroatoms. The molecule has 0 saturated heterocycles. The van der Waals surface area contributed by atoms with Crippen molar-refractivity contribution in [1.82, 2.24) is 0 Å². The highest BCUT2D eigenvalue weighted by atomic mass is 16.3. The van der Waals surface area contributed by atoms with Crippen LogP contribution in [0.2, 0.25) is 0 Å². The van der Waals surface area contributed by atoms with E-state index in [9.17, 15) is 5.11 Å². The van der Waals surface area contributed by atoms with Crippen molar-refractivity contribution in [2.24, 2.45) is 11.8 Å². The number of aliphatic hydroxyl groups is 2. The predicted octanol–water partition coefficient (Wildman–Crippen LogP) is 2.11. The van der Waals surface area contributed by atoms with Gasteiger partial charge in [0, 0.05) is 6.61 Å². The van der Waals surface area contributed by atoms with Gasteiger partial charge in [0.05, 0.1) is 5.60 Å². The fraction of sp³-hybridized carbons (Fsp3) is 0.833. The second kappa shape index (κ2) is 4.45. The smallest absolute Gasteiger partial charge is 0.0651 e. The molecule has 1 aliphatic carbocycles. The molecule has 0 aromatic heterocycles. The zero-order valence-corrected chi connectivity index (χ0v) is 9.29. The van der Waals surface area contributed by atoms with Gasteiger partial charge in [-0.3, -0.25) is 0 Å². The normalized spacial score (nSPS) is 37.4. The SMILES string of the molecule is C=C(CCCO)[C@@H]1CC[C@@](C)(O)[C@H]1C. The third kappa shape index (κ3) is 2.37. The van der Waals surface area contributed by atoms with Gasteiger partial charge in [-0.25, -0.2) is 0 Å². The maximum absolute atomic E-state index is 10.0. The van der Waals surface area contributed by atoms with E-state index in [-0.39, 0.29) is 6.61 Å². The second-order valence-electron chi connectivity index (χ2n) is 4.78. The summed E-state index contributed by atoms with van der Waals surface area (Å²) in [6, 6.07) is 0. The van der Waals surface area contributed by atoms with Crippen LogP contribution in [0, 0.1) is 11.8 Å². The lowest BCUT2D eigenvalue weighted by Crippen LogP contribution is -2.29. The fourth-order valence-electron chi connectivity index (χ4n) is 2.41. The molecular formula is C12H22O2. The van der Waals surface area contributed by atoms with Gasteiger partial charge < -0.3 is 10.2 Å². The van der Waals surface area contributed by atoms with Gasteiger partial charge in [-0.05, 0) is 44.4 Å². The molecule has 1 rings (SSSR count). The minimum atomic E-state index is -0.521. The van der Waals surface area contributed by atoms with Crippen LogP contribution in [0.4, 0.5) is 0 Å². The Balaban J connectivity index is 2.50. The first kappa shape index (κ1) is 11.7. The summed E-state index contributed by atoms with van der Waals surface area (Å²) in [7, 11) is 0. The van der Waals surface area contributed by atoms with E-state index in [0.29, 0.717) is 11.8 Å². The Hall–Kier alpha value is -0.340. The number of aliphatic hydroxyl groups excluding tert-OH is 1. The summed E-state index contributed by atoms with van der Waals surface area (Å²) in [4.78, 5) is 0. The van der Waals surface area contributed by atoms with Gasteiger partial charge in [0.1, 0.15) is 0 Å². The molecule has 0 aromatic carbocycles. The Morgan fingerprint density at radius 1 is 1.57 bits per heavy atom. The highest BCUT2D eigenvalue weighted by Crippen LogP contribution is 2.43. The van der Waals surface area contributed by atoms with Gasteiger partial charge in [-0.15, -0.1) is 0 Å². The fourth-order valence-corrected chi connectivity index (χ4v) is 2.41. The van der Waals surface area contributed by atoms with Crippen molar-refractivity contribution >= 4 is 0 Å². The standard InChI is InChI=1S/C12H22O2/c1-9(5-4-8-13)11-6-7-12(3,14)10(11)2/h10-11,13-14H,1,4-8H2,2-3H3/t10-,11-,12+/m0/s1. The van der Waals surface area contributed by atoms with Crippen molar-refractivity contribution in [1.29, 1.82) is 0 Å². The average molecular weight is 198 g/mol. The summed E-state index contributed by atoms with van der Waals surface area (Å²) in [6.45, 7) is 8.31. The van der Waals surface area contributed by atoms with E-state index >= 15 is 0 Å². The quantitative estimate of drug-likeness (QED) is 0.679. The minimum Gasteiger partial charge on any atom is -0.396 e. The molecule has 0 amide bonds. The van der Waals surface area contributed by atoms with Gasteiger partial charge >= 0.3 is 0 Å². The van der Waals surface area contributed by atoms with Crippen LogP contribution in [0.25, 0.3) is 0 Å². The molecule has 3 atom stereocenters. The second-order valence-corrected chi connectivity index (χ2v) is 4.78. The summed E-state index contributed by atoms with van der Waals surface area (Å²) in [5, 5.41) is 18.8. The number of rotatable bonds is 4. The van der Waals surface area contributed by atoms with Crippen LogP contribution in [-0.2, 0) is 0 Å². The van der Waals surface area contributed by atoms with Gasteiger partial charge in [-0.1, -0.05) is 19.1 Å². The summed E-state index contributed by atoms with van der Waals surface area (Å²) >= 11 is 0. The summed E-state index contributed by atoms with van der Waals surface area (Å²) < 4.78 is 0. The molecule has 1 aliphatic rings. The van der Waals surface area contributed by atoms with Crippen molar-refractivity contribution in [3.8, 4) is 0 Å². The molecule has 0 bridgehead atoms. The molecule has 14 heavy (non-hydrogen) atoms. The van der Waals surface area contributed by atoms with Crippen LogP contribution < -0.4 is 0 Å². The van der Waals surface area contributed by atoms with E-state index < -0.39 is 5.60 Å². The lowest BCUT2D eigenvalue weighted by molar-refractivity contribution is 0.0214. The molecule has 0 heterocycles. The number of hydrogen-bond donors (Lipinski definition) is 2. The number of allylic oxidation sites excluding steroid dienone is 1.